The van der Waals surface area contributed by atoms with Gasteiger partial charge >= 0.3 is 6.09 Å². The Balaban J connectivity index is 0.000000326. The SMILES string of the molecule is CC(=O)C1CN(C(=O)OC(C)(C)C)CC(F)(F)C1.NC(=O)C1CCCC(F)(F)C1. The Morgan fingerprint density at radius 2 is 1.59 bits per heavy atom. The lowest BCUT2D eigenvalue weighted by molar-refractivity contribution is -0.132. The van der Waals surface area contributed by atoms with Gasteiger partial charge in [0.1, 0.15) is 11.4 Å². The highest BCUT2D eigenvalue weighted by Crippen LogP contribution is 2.36. The van der Waals surface area contributed by atoms with Crippen molar-refractivity contribution < 1.29 is 36.7 Å². The number of hydrogen-bond donors (Lipinski definition) is 1. The highest BCUT2D eigenvalue weighted by molar-refractivity contribution is 5.80. The number of Topliss-reactive ketones (excluding diaryl/α,β-unsaturated/α-hetero) is 1. The summed E-state index contributed by atoms with van der Waals surface area (Å²) in [5.41, 5.74) is 4.18. The Morgan fingerprint density at radius 3 is 2.00 bits per heavy atom. The zero-order valence-corrected chi connectivity index (χ0v) is 17.3. The number of nitrogens with zero attached hydrogens (tertiary/aromatic N) is 1. The third-order valence-corrected chi connectivity index (χ3v) is 4.68. The molecule has 1 heterocycles. The van der Waals surface area contributed by atoms with Gasteiger partial charge in [0.25, 0.3) is 5.92 Å². The lowest BCUT2D eigenvalue weighted by Gasteiger charge is -2.37. The molecule has 0 bridgehead atoms. The molecule has 2 amide bonds. The number of likely N-dealkylation sites (tertiary alicyclic amines) is 1. The van der Waals surface area contributed by atoms with Crippen LogP contribution in [0.2, 0.25) is 0 Å². The zero-order chi connectivity index (χ0) is 22.6. The Kier molecular flexibility index (Phi) is 8.07. The Bertz CT molecular complexity index is 620. The van der Waals surface area contributed by atoms with Gasteiger partial charge in [-0.3, -0.25) is 9.59 Å². The largest absolute Gasteiger partial charge is 0.444 e. The van der Waals surface area contributed by atoms with Crippen molar-refractivity contribution >= 4 is 17.8 Å². The monoisotopic (exact) mass is 426 g/mol. The van der Waals surface area contributed by atoms with E-state index in [-0.39, 0.29) is 25.2 Å². The van der Waals surface area contributed by atoms with Crippen molar-refractivity contribution in [1.29, 1.82) is 0 Å². The van der Waals surface area contributed by atoms with E-state index in [2.05, 4.69) is 0 Å². The van der Waals surface area contributed by atoms with Gasteiger partial charge in [-0.1, -0.05) is 0 Å². The minimum absolute atomic E-state index is 0.000162. The number of piperidine rings is 1. The lowest BCUT2D eigenvalue weighted by Crippen LogP contribution is -2.52. The molecule has 29 heavy (non-hydrogen) atoms. The standard InChI is InChI=1S/C12H19F2NO3.C7H11F2NO/c1-8(16)9-5-12(13,14)7-15(6-9)10(17)18-11(2,3)4;8-7(9)3-1-2-5(4-7)6(10)11/h9H,5-7H2,1-4H3;5H,1-4H2,(H2,10,11). The fourth-order valence-electron chi connectivity index (χ4n) is 3.25. The molecule has 1 saturated heterocycles. The molecule has 1 aliphatic heterocycles. The van der Waals surface area contributed by atoms with Crippen molar-refractivity contribution in [3.05, 3.63) is 0 Å². The second-order valence-corrected chi connectivity index (χ2v) is 8.78. The maximum Gasteiger partial charge on any atom is 0.410 e. The van der Waals surface area contributed by atoms with Crippen molar-refractivity contribution in [3.8, 4) is 0 Å². The van der Waals surface area contributed by atoms with Gasteiger partial charge in [0.2, 0.25) is 11.8 Å². The van der Waals surface area contributed by atoms with Crippen LogP contribution in [0, 0.1) is 11.8 Å². The number of carbonyl (C=O) groups excluding carboxylic acids is 3. The van der Waals surface area contributed by atoms with Crippen LogP contribution in [0.15, 0.2) is 0 Å². The summed E-state index contributed by atoms with van der Waals surface area (Å²) in [6.07, 6.45) is -0.833. The molecule has 1 aliphatic carbocycles. The van der Waals surface area contributed by atoms with Crippen LogP contribution >= 0.6 is 0 Å². The fraction of sp³-hybridized carbons (Fsp3) is 0.842. The summed E-state index contributed by atoms with van der Waals surface area (Å²) in [6.45, 7) is 5.56. The van der Waals surface area contributed by atoms with Crippen molar-refractivity contribution in [2.45, 2.75) is 77.2 Å². The van der Waals surface area contributed by atoms with Crippen LogP contribution < -0.4 is 5.73 Å². The maximum absolute atomic E-state index is 13.5. The van der Waals surface area contributed by atoms with Crippen LogP contribution in [0.25, 0.3) is 0 Å². The quantitative estimate of drug-likeness (QED) is 0.681. The molecule has 0 aromatic rings. The van der Waals surface area contributed by atoms with Crippen LogP contribution in [0.3, 0.4) is 0 Å². The number of ether oxygens (including phenoxy) is 1. The van der Waals surface area contributed by atoms with E-state index in [1.807, 2.05) is 0 Å². The fourth-order valence-corrected chi connectivity index (χ4v) is 3.25. The molecule has 0 aromatic carbocycles. The molecule has 168 valence electrons. The minimum Gasteiger partial charge on any atom is -0.444 e. The molecule has 6 nitrogen and oxygen atoms in total. The van der Waals surface area contributed by atoms with Gasteiger partial charge in [-0.2, -0.15) is 0 Å². The summed E-state index contributed by atoms with van der Waals surface area (Å²) in [5, 5.41) is 0. The van der Waals surface area contributed by atoms with Crippen molar-refractivity contribution in [2.75, 3.05) is 13.1 Å². The van der Waals surface area contributed by atoms with Crippen LogP contribution in [0.5, 0.6) is 0 Å². The second kappa shape index (κ2) is 9.30. The lowest BCUT2D eigenvalue weighted by atomic mass is 9.86. The highest BCUT2D eigenvalue weighted by atomic mass is 19.3. The van der Waals surface area contributed by atoms with Crippen molar-refractivity contribution in [3.63, 3.8) is 0 Å². The molecule has 2 unspecified atom stereocenters. The zero-order valence-electron chi connectivity index (χ0n) is 17.3. The molecule has 10 heteroatoms. The third kappa shape index (κ3) is 8.99. The summed E-state index contributed by atoms with van der Waals surface area (Å²) >= 11 is 0. The number of amides is 2. The summed E-state index contributed by atoms with van der Waals surface area (Å²) in [4.78, 5) is 34.4. The number of carbonyl (C=O) groups is 3. The first-order valence-electron chi connectivity index (χ1n) is 9.55. The Hall–Kier alpha value is -1.87. The second-order valence-electron chi connectivity index (χ2n) is 8.78. The van der Waals surface area contributed by atoms with E-state index in [9.17, 15) is 31.9 Å². The molecule has 2 atom stereocenters. The average molecular weight is 426 g/mol. The normalized spacial score (nSPS) is 26.0. The number of alkyl halides is 4. The van der Waals surface area contributed by atoms with Crippen molar-refractivity contribution in [2.24, 2.45) is 17.6 Å². The van der Waals surface area contributed by atoms with E-state index in [0.717, 1.165) is 4.90 Å². The van der Waals surface area contributed by atoms with E-state index < -0.39 is 54.2 Å². The molecule has 2 aliphatic rings. The topological polar surface area (TPSA) is 89.7 Å². The van der Waals surface area contributed by atoms with Gasteiger partial charge in [0.15, 0.2) is 0 Å². The van der Waals surface area contributed by atoms with Crippen LogP contribution in [0.4, 0.5) is 22.4 Å². The molecule has 2 rings (SSSR count). The molecule has 2 N–H and O–H groups in total. The Labute approximate surface area is 168 Å². The third-order valence-electron chi connectivity index (χ3n) is 4.68. The van der Waals surface area contributed by atoms with Crippen LogP contribution in [-0.2, 0) is 14.3 Å². The van der Waals surface area contributed by atoms with E-state index in [4.69, 9.17) is 10.5 Å². The average Bonchev–Trinajstić information content (AvgIpc) is 2.51. The summed E-state index contributed by atoms with van der Waals surface area (Å²) in [5.74, 6) is -8.06. The predicted molar refractivity (Wildman–Crippen MR) is 97.6 cm³/mol. The van der Waals surface area contributed by atoms with E-state index >= 15 is 0 Å². The number of nitrogens with two attached hydrogens (primary N) is 1. The summed E-state index contributed by atoms with van der Waals surface area (Å²) in [7, 11) is 0. The number of hydrogen-bond acceptors (Lipinski definition) is 4. The number of primary amides is 1. The van der Waals surface area contributed by atoms with E-state index in [1.54, 1.807) is 20.8 Å². The minimum atomic E-state index is -3.04. The Morgan fingerprint density at radius 1 is 1.03 bits per heavy atom. The first kappa shape index (κ1) is 25.2. The highest BCUT2D eigenvalue weighted by Gasteiger charge is 2.44. The van der Waals surface area contributed by atoms with Gasteiger partial charge in [-0.25, -0.2) is 22.4 Å². The number of halogens is 4. The van der Waals surface area contributed by atoms with E-state index in [0.29, 0.717) is 12.8 Å². The maximum atomic E-state index is 13.5. The smallest absolute Gasteiger partial charge is 0.410 e. The number of ketones is 1. The summed E-state index contributed by atoms with van der Waals surface area (Å²) < 4.78 is 57.2. The molecule has 1 saturated carbocycles. The molecule has 0 radical (unpaired) electrons. The van der Waals surface area contributed by atoms with Crippen molar-refractivity contribution in [1.82, 2.24) is 4.90 Å². The first-order valence-corrected chi connectivity index (χ1v) is 9.55. The van der Waals surface area contributed by atoms with Crippen LogP contribution in [-0.4, -0.2) is 53.2 Å². The van der Waals surface area contributed by atoms with Gasteiger partial charge in [0.05, 0.1) is 6.54 Å². The van der Waals surface area contributed by atoms with Crippen LogP contribution in [0.1, 0.15) is 59.8 Å². The predicted octanol–water partition coefficient (Wildman–Crippen LogP) is 3.76. The number of rotatable bonds is 2. The van der Waals surface area contributed by atoms with Gasteiger partial charge in [0, 0.05) is 37.6 Å². The van der Waals surface area contributed by atoms with Gasteiger partial charge < -0.3 is 15.4 Å². The molecule has 0 aromatic heterocycles. The molecular formula is C19H30F4N2O4. The molecule has 2 fully saturated rings. The van der Waals surface area contributed by atoms with Gasteiger partial charge in [-0.05, 0) is 40.5 Å². The first-order chi connectivity index (χ1) is 13.0. The van der Waals surface area contributed by atoms with Gasteiger partial charge in [-0.15, -0.1) is 0 Å². The summed E-state index contributed by atoms with van der Waals surface area (Å²) in [6, 6.07) is 0. The molecular weight excluding hydrogens is 396 g/mol. The van der Waals surface area contributed by atoms with E-state index in [1.165, 1.54) is 6.92 Å². The molecule has 0 spiro atoms.